The van der Waals surface area contributed by atoms with Crippen molar-refractivity contribution in [3.63, 3.8) is 0 Å². The molecule has 1 amide bonds. The summed E-state index contributed by atoms with van der Waals surface area (Å²) in [6, 6.07) is 1.65. The highest BCUT2D eigenvalue weighted by atomic mass is 16.6. The predicted molar refractivity (Wildman–Crippen MR) is 78.9 cm³/mol. The Bertz CT molecular complexity index is 509. The molecule has 0 radical (unpaired) electrons. The molecule has 0 aliphatic carbocycles. The van der Waals surface area contributed by atoms with Gasteiger partial charge in [-0.15, -0.1) is 0 Å². The van der Waals surface area contributed by atoms with Gasteiger partial charge in [-0.2, -0.15) is 0 Å². The van der Waals surface area contributed by atoms with Crippen LogP contribution in [0.2, 0.25) is 0 Å². The zero-order valence-electron chi connectivity index (χ0n) is 12.7. The van der Waals surface area contributed by atoms with Crippen LogP contribution in [0.3, 0.4) is 0 Å². The summed E-state index contributed by atoms with van der Waals surface area (Å²) in [5.74, 6) is 0. The highest BCUT2D eigenvalue weighted by Gasteiger charge is 2.16. The number of carbonyl (C=O) groups excluding carboxylic acids is 1. The molecule has 0 aromatic carbocycles. The Kier molecular flexibility index (Phi) is 6.10. The minimum Gasteiger partial charge on any atom is -0.444 e. The molecule has 0 aliphatic rings. The van der Waals surface area contributed by atoms with Crippen LogP contribution in [0.15, 0.2) is 23.6 Å². The first-order valence-electron chi connectivity index (χ1n) is 6.51. The van der Waals surface area contributed by atoms with Crippen molar-refractivity contribution >= 4 is 17.5 Å². The number of aromatic nitrogens is 1. The lowest BCUT2D eigenvalue weighted by Gasteiger charge is -2.19. The highest BCUT2D eigenvalue weighted by Crippen LogP contribution is 2.14. The average molecular weight is 295 g/mol. The Hall–Kier alpha value is -2.15. The molecule has 0 fully saturated rings. The molecule has 0 aliphatic heterocycles. The fourth-order valence-electron chi connectivity index (χ4n) is 1.54. The summed E-state index contributed by atoms with van der Waals surface area (Å²) in [5.41, 5.74) is 0.909. The van der Waals surface area contributed by atoms with E-state index in [-0.39, 0.29) is 0 Å². The van der Waals surface area contributed by atoms with Crippen LogP contribution >= 0.6 is 0 Å². The molecular formula is C14H21N3O4. The van der Waals surface area contributed by atoms with Crippen molar-refractivity contribution in [2.75, 3.05) is 19.0 Å². The Balaban J connectivity index is 2.78. The van der Waals surface area contributed by atoms with Crippen molar-refractivity contribution in [3.05, 3.63) is 24.0 Å². The van der Waals surface area contributed by atoms with Crippen LogP contribution in [-0.2, 0) is 9.47 Å². The van der Waals surface area contributed by atoms with Crippen LogP contribution in [0.1, 0.15) is 32.8 Å². The van der Waals surface area contributed by atoms with E-state index in [2.05, 4.69) is 15.5 Å². The van der Waals surface area contributed by atoms with Gasteiger partial charge in [0.2, 0.25) is 0 Å². The summed E-state index contributed by atoms with van der Waals surface area (Å²) in [6.45, 7) is 5.76. The Morgan fingerprint density at radius 2 is 2.14 bits per heavy atom. The Morgan fingerprint density at radius 1 is 1.43 bits per heavy atom. The van der Waals surface area contributed by atoms with Crippen molar-refractivity contribution in [3.8, 4) is 0 Å². The lowest BCUT2D eigenvalue weighted by molar-refractivity contribution is 0.0636. The molecule has 0 atom stereocenters. The largest absolute Gasteiger partial charge is 0.444 e. The quantitative estimate of drug-likeness (QED) is 0.495. The summed E-state index contributed by atoms with van der Waals surface area (Å²) in [7, 11) is 1.56. The standard InChI is InChI=1S/C14H21N3O4/c1-14(2,3)21-13(18)16-11-7-10(8-15-9-11)12(17-19)5-6-20-4/h7-9,19H,5-6H2,1-4H3,(H,16,18)/b17-12-. The monoisotopic (exact) mass is 295 g/mol. The van der Waals surface area contributed by atoms with Crippen molar-refractivity contribution in [2.24, 2.45) is 5.16 Å². The van der Waals surface area contributed by atoms with Crippen molar-refractivity contribution in [1.82, 2.24) is 4.98 Å². The van der Waals surface area contributed by atoms with E-state index in [1.54, 1.807) is 40.1 Å². The third-order valence-electron chi connectivity index (χ3n) is 2.38. The molecule has 1 aromatic rings. The maximum absolute atomic E-state index is 11.7. The maximum atomic E-state index is 11.7. The van der Waals surface area contributed by atoms with Gasteiger partial charge in [0.15, 0.2) is 0 Å². The number of rotatable bonds is 5. The Labute approximate surface area is 124 Å². The van der Waals surface area contributed by atoms with Crippen molar-refractivity contribution in [2.45, 2.75) is 32.8 Å². The first kappa shape index (κ1) is 16.9. The van der Waals surface area contributed by atoms with E-state index in [0.29, 0.717) is 30.0 Å². The van der Waals surface area contributed by atoms with E-state index in [1.807, 2.05) is 0 Å². The number of nitrogens with one attached hydrogen (secondary N) is 1. The molecule has 0 saturated heterocycles. The van der Waals surface area contributed by atoms with Gasteiger partial charge >= 0.3 is 6.09 Å². The third kappa shape index (κ3) is 6.22. The second kappa shape index (κ2) is 7.58. The molecule has 2 N–H and O–H groups in total. The molecule has 7 nitrogen and oxygen atoms in total. The summed E-state index contributed by atoms with van der Waals surface area (Å²) >= 11 is 0. The Morgan fingerprint density at radius 3 is 2.71 bits per heavy atom. The number of nitrogens with zero attached hydrogens (tertiary/aromatic N) is 2. The van der Waals surface area contributed by atoms with Gasteiger partial charge in [-0.05, 0) is 26.8 Å². The molecule has 1 heterocycles. The number of carbonyl (C=O) groups is 1. The molecule has 0 bridgehead atoms. The molecular weight excluding hydrogens is 274 g/mol. The van der Waals surface area contributed by atoms with Gasteiger partial charge in [0, 0.05) is 25.3 Å². The van der Waals surface area contributed by atoms with Gasteiger partial charge in [-0.25, -0.2) is 4.79 Å². The molecule has 0 spiro atoms. The smallest absolute Gasteiger partial charge is 0.412 e. The highest BCUT2D eigenvalue weighted by molar-refractivity contribution is 6.01. The molecule has 21 heavy (non-hydrogen) atoms. The molecule has 1 rings (SSSR count). The topological polar surface area (TPSA) is 93.0 Å². The zero-order valence-corrected chi connectivity index (χ0v) is 12.7. The molecule has 0 unspecified atom stereocenters. The SMILES string of the molecule is COCC/C(=N/O)c1cncc(NC(=O)OC(C)(C)C)c1. The second-order valence-electron chi connectivity index (χ2n) is 5.38. The number of hydrogen-bond donors (Lipinski definition) is 2. The molecule has 7 heteroatoms. The van der Waals surface area contributed by atoms with Crippen LogP contribution in [0.5, 0.6) is 0 Å². The van der Waals surface area contributed by atoms with Crippen LogP contribution < -0.4 is 5.32 Å². The number of amides is 1. The van der Waals surface area contributed by atoms with Crippen LogP contribution in [-0.4, -0.2) is 41.3 Å². The van der Waals surface area contributed by atoms with Crippen LogP contribution in [0.25, 0.3) is 0 Å². The summed E-state index contributed by atoms with van der Waals surface area (Å²) < 4.78 is 10.1. The summed E-state index contributed by atoms with van der Waals surface area (Å²) in [5, 5.41) is 14.8. The van der Waals surface area contributed by atoms with Crippen LogP contribution in [0, 0.1) is 0 Å². The third-order valence-corrected chi connectivity index (χ3v) is 2.38. The van der Waals surface area contributed by atoms with Gasteiger partial charge < -0.3 is 14.7 Å². The maximum Gasteiger partial charge on any atom is 0.412 e. The predicted octanol–water partition coefficient (Wildman–Crippen LogP) is 2.64. The van der Waals surface area contributed by atoms with Gasteiger partial charge in [0.05, 0.1) is 24.2 Å². The lowest BCUT2D eigenvalue weighted by Crippen LogP contribution is -2.27. The number of hydrogen-bond acceptors (Lipinski definition) is 6. The minimum absolute atomic E-state index is 0.420. The van der Waals surface area contributed by atoms with E-state index in [0.717, 1.165) is 0 Å². The van der Waals surface area contributed by atoms with E-state index >= 15 is 0 Å². The number of pyridine rings is 1. The number of ether oxygens (including phenoxy) is 2. The van der Waals surface area contributed by atoms with Gasteiger partial charge in [-0.1, -0.05) is 5.16 Å². The first-order chi connectivity index (χ1) is 9.85. The van der Waals surface area contributed by atoms with Crippen molar-refractivity contribution in [1.29, 1.82) is 0 Å². The van der Waals surface area contributed by atoms with Gasteiger partial charge in [-0.3, -0.25) is 10.3 Å². The molecule has 116 valence electrons. The van der Waals surface area contributed by atoms with Crippen LogP contribution in [0.4, 0.5) is 10.5 Å². The van der Waals surface area contributed by atoms with E-state index in [9.17, 15) is 4.79 Å². The fourth-order valence-corrected chi connectivity index (χ4v) is 1.54. The summed E-state index contributed by atoms with van der Waals surface area (Å²) in [6.07, 6.45) is 2.90. The summed E-state index contributed by atoms with van der Waals surface area (Å²) in [4.78, 5) is 15.7. The molecule has 0 saturated carbocycles. The first-order valence-corrected chi connectivity index (χ1v) is 6.51. The van der Waals surface area contributed by atoms with E-state index < -0.39 is 11.7 Å². The van der Waals surface area contributed by atoms with E-state index in [1.165, 1.54) is 6.20 Å². The number of anilines is 1. The van der Waals surface area contributed by atoms with E-state index in [4.69, 9.17) is 14.7 Å². The average Bonchev–Trinajstić information content (AvgIpc) is 2.37. The van der Waals surface area contributed by atoms with Gasteiger partial charge in [0.1, 0.15) is 5.60 Å². The fraction of sp³-hybridized carbons (Fsp3) is 0.500. The minimum atomic E-state index is -0.578. The second-order valence-corrected chi connectivity index (χ2v) is 5.38. The zero-order chi connectivity index (χ0) is 15.9. The number of methoxy groups -OCH3 is 1. The molecule has 1 aromatic heterocycles. The lowest BCUT2D eigenvalue weighted by atomic mass is 10.1. The number of oxime groups is 1. The van der Waals surface area contributed by atoms with Gasteiger partial charge in [0.25, 0.3) is 0 Å². The van der Waals surface area contributed by atoms with Crippen molar-refractivity contribution < 1.29 is 19.5 Å². The normalized spacial score (nSPS) is 12.1.